The summed E-state index contributed by atoms with van der Waals surface area (Å²) in [6, 6.07) is 6.25. The van der Waals surface area contributed by atoms with E-state index in [4.69, 9.17) is 37.6 Å². The van der Waals surface area contributed by atoms with Crippen molar-refractivity contribution >= 4 is 35.1 Å². The summed E-state index contributed by atoms with van der Waals surface area (Å²) in [6.07, 6.45) is 11.7. The first-order valence-electron chi connectivity index (χ1n) is 13.3. The van der Waals surface area contributed by atoms with E-state index in [9.17, 15) is 4.79 Å². The molecule has 4 fully saturated rings. The lowest BCUT2D eigenvalue weighted by molar-refractivity contribution is -0.104. The predicted molar refractivity (Wildman–Crippen MR) is 142 cm³/mol. The maximum absolute atomic E-state index is 11.2. The molecule has 0 radical (unpaired) electrons. The minimum absolute atomic E-state index is 0.117. The smallest absolute Gasteiger partial charge is 0.338 e. The summed E-state index contributed by atoms with van der Waals surface area (Å²) in [5, 5.41) is 14.6. The number of benzene rings is 1. The third-order valence-electron chi connectivity index (χ3n) is 8.82. The SMILES string of the molecule is O=C(O)c1cnc(N2[C@@H]3CC[C@H]2CC2(CC(OCc4c(-c5c(Cl)cccc5Cl)noc4C4CC4)C2)C3)nc1. The fourth-order valence-corrected chi connectivity index (χ4v) is 7.52. The Labute approximate surface area is 230 Å². The van der Waals surface area contributed by atoms with Crippen LogP contribution in [0.15, 0.2) is 35.1 Å². The van der Waals surface area contributed by atoms with Gasteiger partial charge in [0.15, 0.2) is 0 Å². The third-order valence-corrected chi connectivity index (χ3v) is 9.45. The van der Waals surface area contributed by atoms with Gasteiger partial charge in [0.25, 0.3) is 0 Å². The molecule has 198 valence electrons. The number of aromatic carboxylic acids is 1. The summed E-state index contributed by atoms with van der Waals surface area (Å²) in [5.74, 6) is 0.950. The number of carbonyl (C=O) groups is 1. The summed E-state index contributed by atoms with van der Waals surface area (Å²) < 4.78 is 12.3. The third kappa shape index (κ3) is 4.17. The van der Waals surface area contributed by atoms with E-state index in [0.29, 0.717) is 51.9 Å². The minimum atomic E-state index is -1.00. The van der Waals surface area contributed by atoms with Gasteiger partial charge in [0, 0.05) is 41.5 Å². The number of ether oxygens (including phenoxy) is 1. The lowest BCUT2D eigenvalue weighted by Gasteiger charge is -2.54. The van der Waals surface area contributed by atoms with E-state index >= 15 is 0 Å². The van der Waals surface area contributed by atoms with Crippen molar-refractivity contribution in [2.45, 2.75) is 82.1 Å². The van der Waals surface area contributed by atoms with E-state index in [1.165, 1.54) is 12.4 Å². The van der Waals surface area contributed by atoms with Gasteiger partial charge in [-0.3, -0.25) is 0 Å². The Bertz CT molecular complexity index is 1350. The Morgan fingerprint density at radius 2 is 1.71 bits per heavy atom. The van der Waals surface area contributed by atoms with Crippen LogP contribution in [-0.4, -0.2) is 44.4 Å². The first-order valence-corrected chi connectivity index (χ1v) is 14.0. The lowest BCUT2D eigenvalue weighted by Crippen LogP contribution is -2.54. The van der Waals surface area contributed by atoms with Gasteiger partial charge in [-0.15, -0.1) is 0 Å². The van der Waals surface area contributed by atoms with Crippen molar-refractivity contribution in [1.29, 1.82) is 0 Å². The molecule has 0 unspecified atom stereocenters. The highest BCUT2D eigenvalue weighted by Crippen LogP contribution is 2.57. The molecule has 8 nitrogen and oxygen atoms in total. The molecule has 2 bridgehead atoms. The van der Waals surface area contributed by atoms with Crippen LogP contribution in [0.1, 0.15) is 79.0 Å². The van der Waals surface area contributed by atoms with Gasteiger partial charge in [-0.2, -0.15) is 0 Å². The van der Waals surface area contributed by atoms with E-state index in [-0.39, 0.29) is 17.1 Å². The first-order chi connectivity index (χ1) is 18.4. The second-order valence-corrected chi connectivity index (χ2v) is 12.2. The van der Waals surface area contributed by atoms with Gasteiger partial charge >= 0.3 is 5.97 Å². The Hall–Kier alpha value is -2.68. The molecule has 3 aromatic rings. The lowest BCUT2D eigenvalue weighted by atomic mass is 9.59. The van der Waals surface area contributed by atoms with E-state index < -0.39 is 5.97 Å². The Morgan fingerprint density at radius 1 is 1.05 bits per heavy atom. The Morgan fingerprint density at radius 3 is 2.32 bits per heavy atom. The number of carboxylic acid groups (broad SMARTS) is 1. The molecule has 2 saturated carbocycles. The van der Waals surface area contributed by atoms with Crippen LogP contribution >= 0.6 is 23.2 Å². The standard InChI is InChI=1S/C28H28Cl2N4O4/c29-21-2-1-3-22(30)23(21)24-20(25(38-33-24)15-4-5-15)14-37-19-10-28(11-19)8-17-6-7-18(9-28)34(17)27-31-12-16(13-32-27)26(35)36/h1-3,12-13,15,17-19H,4-11,14H2,(H,35,36)/t17-,18+,19?,28?. The monoisotopic (exact) mass is 554 g/mol. The van der Waals surface area contributed by atoms with Crippen molar-refractivity contribution in [1.82, 2.24) is 15.1 Å². The molecule has 2 aromatic heterocycles. The molecular weight excluding hydrogens is 527 g/mol. The zero-order valence-corrected chi connectivity index (χ0v) is 22.3. The van der Waals surface area contributed by atoms with Gasteiger partial charge < -0.3 is 19.3 Å². The molecule has 1 spiro atoms. The fraction of sp³-hybridized carbons (Fsp3) is 0.500. The molecule has 0 amide bonds. The van der Waals surface area contributed by atoms with Crippen LogP contribution in [0.25, 0.3) is 11.3 Å². The van der Waals surface area contributed by atoms with Crippen molar-refractivity contribution in [3.8, 4) is 11.3 Å². The van der Waals surface area contributed by atoms with Crippen molar-refractivity contribution in [2.24, 2.45) is 5.41 Å². The van der Waals surface area contributed by atoms with Crippen LogP contribution in [0.2, 0.25) is 10.0 Å². The van der Waals surface area contributed by atoms with Crippen molar-refractivity contribution in [3.05, 3.63) is 57.5 Å². The zero-order valence-electron chi connectivity index (χ0n) is 20.8. The molecule has 2 saturated heterocycles. The summed E-state index contributed by atoms with van der Waals surface area (Å²) in [7, 11) is 0. The average molecular weight is 555 g/mol. The number of aromatic nitrogens is 3. The Kier molecular flexibility index (Phi) is 5.91. The number of carboxylic acids is 1. The number of hydrogen-bond acceptors (Lipinski definition) is 7. The second kappa shape index (κ2) is 9.21. The molecule has 10 heteroatoms. The number of halogens is 2. The number of anilines is 1. The van der Waals surface area contributed by atoms with E-state index in [2.05, 4.69) is 20.0 Å². The fourth-order valence-electron chi connectivity index (χ4n) is 6.94. The maximum atomic E-state index is 11.2. The van der Waals surface area contributed by atoms with E-state index in [0.717, 1.165) is 62.7 Å². The van der Waals surface area contributed by atoms with Crippen molar-refractivity contribution < 1.29 is 19.2 Å². The largest absolute Gasteiger partial charge is 0.478 e. The average Bonchev–Trinajstić information content (AvgIpc) is 3.58. The molecule has 2 aliphatic carbocycles. The van der Waals surface area contributed by atoms with Crippen LogP contribution < -0.4 is 4.90 Å². The molecule has 2 aliphatic heterocycles. The molecule has 38 heavy (non-hydrogen) atoms. The molecule has 7 rings (SSSR count). The topological polar surface area (TPSA) is 102 Å². The minimum Gasteiger partial charge on any atom is -0.478 e. The molecule has 2 atom stereocenters. The van der Waals surface area contributed by atoms with Gasteiger partial charge in [0.2, 0.25) is 5.95 Å². The highest BCUT2D eigenvalue weighted by Gasteiger charge is 2.55. The summed E-state index contributed by atoms with van der Waals surface area (Å²) in [6.45, 7) is 0.440. The second-order valence-electron chi connectivity index (χ2n) is 11.4. The molecule has 4 aliphatic rings. The summed E-state index contributed by atoms with van der Waals surface area (Å²) in [4.78, 5) is 22.2. The Balaban J connectivity index is 1.03. The number of nitrogens with zero attached hydrogens (tertiary/aromatic N) is 4. The number of hydrogen-bond donors (Lipinski definition) is 1. The van der Waals surface area contributed by atoms with Gasteiger partial charge in [-0.1, -0.05) is 34.4 Å². The van der Waals surface area contributed by atoms with Crippen LogP contribution in [0.4, 0.5) is 5.95 Å². The van der Waals surface area contributed by atoms with Gasteiger partial charge in [0.1, 0.15) is 11.5 Å². The highest BCUT2D eigenvalue weighted by atomic mass is 35.5. The van der Waals surface area contributed by atoms with Gasteiger partial charge in [-0.25, -0.2) is 14.8 Å². The zero-order chi connectivity index (χ0) is 26.0. The number of rotatable bonds is 7. The van der Waals surface area contributed by atoms with E-state index in [1.54, 1.807) is 0 Å². The highest BCUT2D eigenvalue weighted by molar-refractivity contribution is 6.39. The first kappa shape index (κ1) is 24.4. The van der Waals surface area contributed by atoms with Crippen LogP contribution in [0.5, 0.6) is 0 Å². The quantitative estimate of drug-likeness (QED) is 0.352. The number of piperidine rings is 1. The van der Waals surface area contributed by atoms with Gasteiger partial charge in [0.05, 0.1) is 28.3 Å². The predicted octanol–water partition coefficient (Wildman–Crippen LogP) is 6.51. The molecule has 1 N–H and O–H groups in total. The van der Waals surface area contributed by atoms with Crippen molar-refractivity contribution in [3.63, 3.8) is 0 Å². The summed E-state index contributed by atoms with van der Waals surface area (Å²) in [5.41, 5.74) is 2.78. The van der Waals surface area contributed by atoms with Crippen molar-refractivity contribution in [2.75, 3.05) is 4.90 Å². The van der Waals surface area contributed by atoms with Gasteiger partial charge in [-0.05, 0) is 68.9 Å². The molecule has 4 heterocycles. The van der Waals surface area contributed by atoms with Crippen LogP contribution in [0.3, 0.4) is 0 Å². The molecule has 1 aromatic carbocycles. The number of fused-ring (bicyclic) bond motifs is 2. The van der Waals surface area contributed by atoms with E-state index in [1.807, 2.05) is 18.2 Å². The van der Waals surface area contributed by atoms with Crippen LogP contribution in [0, 0.1) is 5.41 Å². The normalized spacial score (nSPS) is 28.1. The maximum Gasteiger partial charge on any atom is 0.338 e. The summed E-state index contributed by atoms with van der Waals surface area (Å²) >= 11 is 13.0. The molecular formula is C28H28Cl2N4O4. The van der Waals surface area contributed by atoms with Crippen LogP contribution in [-0.2, 0) is 11.3 Å².